The molecule has 1 aliphatic heterocycles. The third-order valence-electron chi connectivity index (χ3n) is 4.94. The smallest absolute Gasteiger partial charge is 0.289 e. The minimum atomic E-state index is -0.212. The van der Waals surface area contributed by atoms with Crippen molar-refractivity contribution in [3.8, 4) is 5.75 Å². The average Bonchev–Trinajstić information content (AvgIpc) is 3.26. The van der Waals surface area contributed by atoms with Gasteiger partial charge in [0.1, 0.15) is 18.5 Å². The summed E-state index contributed by atoms with van der Waals surface area (Å²) in [6.45, 7) is 3.64. The van der Waals surface area contributed by atoms with Crippen molar-refractivity contribution in [3.63, 3.8) is 0 Å². The van der Waals surface area contributed by atoms with Crippen LogP contribution in [0.25, 0.3) is 0 Å². The van der Waals surface area contributed by atoms with Gasteiger partial charge >= 0.3 is 0 Å². The van der Waals surface area contributed by atoms with Gasteiger partial charge in [-0.2, -0.15) is 0 Å². The third-order valence-corrected chi connectivity index (χ3v) is 4.94. The number of nitrogens with zero attached hydrogens (tertiary/aromatic N) is 1. The molecule has 1 atom stereocenters. The molecule has 136 valence electrons. The van der Waals surface area contributed by atoms with E-state index in [1.54, 1.807) is 11.0 Å². The molecular weight excluding hydrogens is 334 g/mol. The van der Waals surface area contributed by atoms with E-state index in [0.717, 1.165) is 28.9 Å². The Balaban J connectivity index is 1.40. The second-order valence-corrected chi connectivity index (χ2v) is 6.69. The number of ketones is 1. The minimum Gasteiger partial charge on any atom is -0.491 e. The van der Waals surface area contributed by atoms with Crippen LogP contribution in [0.4, 0.5) is 0 Å². The molecule has 0 radical (unpaired) electrons. The number of amides is 1. The highest BCUT2D eigenvalue weighted by atomic mass is 16.5. The predicted octanol–water partition coefficient (Wildman–Crippen LogP) is 2.64. The van der Waals surface area contributed by atoms with Gasteiger partial charge in [0.05, 0.1) is 19.4 Å². The molecule has 6 heteroatoms. The van der Waals surface area contributed by atoms with Crippen LogP contribution in [-0.2, 0) is 11.2 Å². The number of carbonyl (C=O) groups excluding carboxylic acids is 2. The zero-order valence-corrected chi connectivity index (χ0v) is 14.7. The zero-order valence-electron chi connectivity index (χ0n) is 14.7. The maximum atomic E-state index is 12.6. The summed E-state index contributed by atoms with van der Waals surface area (Å²) in [6.07, 6.45) is 2.58. The molecule has 4 rings (SSSR count). The van der Waals surface area contributed by atoms with Crippen LogP contribution in [0.5, 0.6) is 5.75 Å². The van der Waals surface area contributed by atoms with Crippen LogP contribution in [0, 0.1) is 6.92 Å². The lowest BCUT2D eigenvalue weighted by Crippen LogP contribution is -2.47. The van der Waals surface area contributed by atoms with Crippen molar-refractivity contribution in [3.05, 3.63) is 53.0 Å². The standard InChI is InChI=1S/C20H21NO5/c1-13-7-9-25-19(13)20(23)21-8-10-24-14(11-21)12-26-18-4-2-3-15-16(18)5-6-17(15)22/h2-4,7,9,14H,5-6,8,10-12H2,1H3. The molecule has 1 fully saturated rings. The van der Waals surface area contributed by atoms with E-state index >= 15 is 0 Å². The number of benzene rings is 1. The fraction of sp³-hybridized carbons (Fsp3) is 0.400. The van der Waals surface area contributed by atoms with Crippen LogP contribution in [0.3, 0.4) is 0 Å². The Morgan fingerprint density at radius 1 is 1.31 bits per heavy atom. The Labute approximate surface area is 151 Å². The van der Waals surface area contributed by atoms with Gasteiger partial charge in [0.25, 0.3) is 5.91 Å². The van der Waals surface area contributed by atoms with Gasteiger partial charge in [-0.1, -0.05) is 12.1 Å². The molecule has 1 saturated heterocycles. The second kappa shape index (κ2) is 6.96. The minimum absolute atomic E-state index is 0.119. The number of ether oxygens (including phenoxy) is 2. The highest BCUT2D eigenvalue weighted by Gasteiger charge is 2.29. The summed E-state index contributed by atoms with van der Waals surface area (Å²) in [5, 5.41) is 0. The number of furan rings is 1. The molecule has 1 amide bonds. The van der Waals surface area contributed by atoms with Crippen LogP contribution >= 0.6 is 0 Å². The van der Waals surface area contributed by atoms with Crippen molar-refractivity contribution in [2.45, 2.75) is 25.9 Å². The molecule has 2 aromatic rings. The average molecular weight is 355 g/mol. The van der Waals surface area contributed by atoms with Gasteiger partial charge in [0.15, 0.2) is 11.5 Å². The van der Waals surface area contributed by atoms with Crippen LogP contribution < -0.4 is 4.74 Å². The topological polar surface area (TPSA) is 69.0 Å². The maximum absolute atomic E-state index is 12.6. The van der Waals surface area contributed by atoms with E-state index < -0.39 is 0 Å². The van der Waals surface area contributed by atoms with E-state index in [0.29, 0.717) is 38.5 Å². The molecule has 0 spiro atoms. The molecule has 2 heterocycles. The van der Waals surface area contributed by atoms with Crippen LogP contribution in [0.2, 0.25) is 0 Å². The molecular formula is C20H21NO5. The molecule has 1 aliphatic carbocycles. The monoisotopic (exact) mass is 355 g/mol. The van der Waals surface area contributed by atoms with E-state index in [9.17, 15) is 9.59 Å². The highest BCUT2D eigenvalue weighted by molar-refractivity contribution is 6.01. The van der Waals surface area contributed by atoms with Crippen LogP contribution in [-0.4, -0.2) is 49.0 Å². The summed E-state index contributed by atoms with van der Waals surface area (Å²) in [5.74, 6) is 1.17. The van der Waals surface area contributed by atoms with Gasteiger partial charge in [-0.3, -0.25) is 9.59 Å². The summed E-state index contributed by atoms with van der Waals surface area (Å²) < 4.78 is 17.0. The van der Waals surface area contributed by atoms with Crippen molar-refractivity contribution in [2.24, 2.45) is 0 Å². The first-order chi connectivity index (χ1) is 12.6. The lowest BCUT2D eigenvalue weighted by Gasteiger charge is -2.32. The van der Waals surface area contributed by atoms with Gasteiger partial charge in [-0.05, 0) is 25.5 Å². The summed E-state index contributed by atoms with van der Waals surface area (Å²) in [5.41, 5.74) is 2.57. The normalized spacial score (nSPS) is 19.5. The quantitative estimate of drug-likeness (QED) is 0.843. The molecule has 1 aromatic heterocycles. The molecule has 0 bridgehead atoms. The zero-order chi connectivity index (χ0) is 18.1. The summed E-state index contributed by atoms with van der Waals surface area (Å²) in [7, 11) is 0. The van der Waals surface area contributed by atoms with Gasteiger partial charge in [0.2, 0.25) is 0 Å². The van der Waals surface area contributed by atoms with Crippen molar-refractivity contribution in [1.29, 1.82) is 0 Å². The molecule has 0 saturated carbocycles. The summed E-state index contributed by atoms with van der Waals surface area (Å²) in [6, 6.07) is 7.36. The Kier molecular flexibility index (Phi) is 4.51. The number of aryl methyl sites for hydroxylation is 1. The SMILES string of the molecule is Cc1ccoc1C(=O)N1CCOC(COc2cccc3c2CCC3=O)C1. The fourth-order valence-electron chi connectivity index (χ4n) is 3.52. The summed E-state index contributed by atoms with van der Waals surface area (Å²) in [4.78, 5) is 26.2. The first-order valence-electron chi connectivity index (χ1n) is 8.86. The Morgan fingerprint density at radius 2 is 2.19 bits per heavy atom. The molecule has 26 heavy (non-hydrogen) atoms. The number of hydrogen-bond acceptors (Lipinski definition) is 5. The number of rotatable bonds is 4. The van der Waals surface area contributed by atoms with Crippen molar-refractivity contribution >= 4 is 11.7 Å². The number of Topliss-reactive ketones (excluding diaryl/α,β-unsaturated/α-hetero) is 1. The largest absolute Gasteiger partial charge is 0.491 e. The van der Waals surface area contributed by atoms with E-state index in [2.05, 4.69) is 0 Å². The Hall–Kier alpha value is -2.60. The predicted molar refractivity (Wildman–Crippen MR) is 93.7 cm³/mol. The fourth-order valence-corrected chi connectivity index (χ4v) is 3.52. The van der Waals surface area contributed by atoms with E-state index in [1.807, 2.05) is 25.1 Å². The molecule has 1 aromatic carbocycles. The van der Waals surface area contributed by atoms with Gasteiger partial charge in [-0.25, -0.2) is 0 Å². The number of morpholine rings is 1. The van der Waals surface area contributed by atoms with E-state index in [-0.39, 0.29) is 17.8 Å². The van der Waals surface area contributed by atoms with Crippen molar-refractivity contribution < 1.29 is 23.5 Å². The Bertz CT molecular complexity index is 840. The van der Waals surface area contributed by atoms with Gasteiger partial charge in [-0.15, -0.1) is 0 Å². The lowest BCUT2D eigenvalue weighted by atomic mass is 10.1. The Morgan fingerprint density at radius 3 is 3.00 bits per heavy atom. The highest BCUT2D eigenvalue weighted by Crippen LogP contribution is 2.30. The number of carbonyl (C=O) groups is 2. The third kappa shape index (κ3) is 3.12. The molecule has 0 N–H and O–H groups in total. The lowest BCUT2D eigenvalue weighted by molar-refractivity contribution is -0.0409. The van der Waals surface area contributed by atoms with E-state index in [4.69, 9.17) is 13.9 Å². The number of fused-ring (bicyclic) bond motifs is 1. The first kappa shape index (κ1) is 16.8. The molecule has 6 nitrogen and oxygen atoms in total. The van der Waals surface area contributed by atoms with Crippen molar-refractivity contribution in [1.82, 2.24) is 4.90 Å². The second-order valence-electron chi connectivity index (χ2n) is 6.69. The first-order valence-corrected chi connectivity index (χ1v) is 8.86. The van der Waals surface area contributed by atoms with E-state index in [1.165, 1.54) is 6.26 Å². The van der Waals surface area contributed by atoms with Crippen molar-refractivity contribution in [2.75, 3.05) is 26.3 Å². The van der Waals surface area contributed by atoms with Crippen LogP contribution in [0.1, 0.15) is 38.5 Å². The number of hydrogen-bond donors (Lipinski definition) is 0. The maximum Gasteiger partial charge on any atom is 0.289 e. The van der Waals surface area contributed by atoms with Gasteiger partial charge in [0, 0.05) is 29.7 Å². The van der Waals surface area contributed by atoms with Gasteiger partial charge < -0.3 is 18.8 Å². The molecule has 2 aliphatic rings. The van der Waals surface area contributed by atoms with Crippen LogP contribution in [0.15, 0.2) is 34.9 Å². The summed E-state index contributed by atoms with van der Waals surface area (Å²) >= 11 is 0. The molecule has 1 unspecified atom stereocenters.